The van der Waals surface area contributed by atoms with Gasteiger partial charge in [0.05, 0.1) is 17.9 Å². The Morgan fingerprint density at radius 1 is 1.18 bits per heavy atom. The Morgan fingerprint density at radius 3 is 2.50 bits per heavy atom. The molecule has 2 atom stereocenters. The molecule has 0 aliphatic heterocycles. The van der Waals surface area contributed by atoms with E-state index in [0.29, 0.717) is 19.4 Å². The molecule has 0 bridgehead atoms. The van der Waals surface area contributed by atoms with Crippen LogP contribution in [0.5, 0.6) is 0 Å². The molecule has 1 N–H and O–H groups in total. The second kappa shape index (κ2) is 9.16. The third kappa shape index (κ3) is 5.62. The number of hydrogen-bond acceptors (Lipinski definition) is 3. The van der Waals surface area contributed by atoms with Crippen LogP contribution in [0, 0.1) is 17.3 Å². The second-order valence-electron chi connectivity index (χ2n) is 7.29. The number of carbonyl (C=O) groups excluding carboxylic acids is 1. The standard InChI is InChI=1S/C18H32O4/c1-14(2)10-6-4-5-9-13-22-17(21)18(3)12-8-7-11-15(18)16(19)20/h14-15H,4-13H2,1-3H3,(H,19,20). The molecule has 4 nitrogen and oxygen atoms in total. The van der Waals surface area contributed by atoms with Crippen LogP contribution in [0.25, 0.3) is 0 Å². The minimum absolute atomic E-state index is 0.318. The first-order valence-electron chi connectivity index (χ1n) is 8.78. The number of carbonyl (C=O) groups is 2. The summed E-state index contributed by atoms with van der Waals surface area (Å²) in [6.07, 6.45) is 8.58. The fraction of sp³-hybridized carbons (Fsp3) is 0.889. The van der Waals surface area contributed by atoms with Gasteiger partial charge in [0.2, 0.25) is 0 Å². The number of esters is 1. The highest BCUT2D eigenvalue weighted by molar-refractivity contribution is 5.84. The molecule has 0 radical (unpaired) electrons. The van der Waals surface area contributed by atoms with Crippen LogP contribution in [0.2, 0.25) is 0 Å². The Hall–Kier alpha value is -1.06. The van der Waals surface area contributed by atoms with Crippen LogP contribution >= 0.6 is 0 Å². The van der Waals surface area contributed by atoms with Crippen LogP contribution in [-0.2, 0) is 14.3 Å². The third-order valence-corrected chi connectivity index (χ3v) is 4.88. The predicted molar refractivity (Wildman–Crippen MR) is 86.6 cm³/mol. The minimum atomic E-state index is -0.868. The predicted octanol–water partition coefficient (Wildman–Crippen LogP) is 4.42. The zero-order valence-electron chi connectivity index (χ0n) is 14.4. The summed E-state index contributed by atoms with van der Waals surface area (Å²) in [4.78, 5) is 23.7. The maximum Gasteiger partial charge on any atom is 0.312 e. The van der Waals surface area contributed by atoms with Gasteiger partial charge in [-0.2, -0.15) is 0 Å². The molecule has 0 spiro atoms. The highest BCUT2D eigenvalue weighted by Crippen LogP contribution is 2.42. The highest BCUT2D eigenvalue weighted by Gasteiger charge is 2.47. The molecule has 0 aromatic rings. The van der Waals surface area contributed by atoms with E-state index in [1.54, 1.807) is 6.92 Å². The van der Waals surface area contributed by atoms with E-state index in [2.05, 4.69) is 13.8 Å². The maximum absolute atomic E-state index is 12.3. The molecule has 0 aromatic carbocycles. The average Bonchev–Trinajstić information content (AvgIpc) is 2.45. The molecule has 22 heavy (non-hydrogen) atoms. The Labute approximate surface area is 134 Å². The van der Waals surface area contributed by atoms with Crippen molar-refractivity contribution in [3.63, 3.8) is 0 Å². The van der Waals surface area contributed by atoms with E-state index in [4.69, 9.17) is 4.74 Å². The average molecular weight is 312 g/mol. The molecule has 4 heteroatoms. The van der Waals surface area contributed by atoms with Crippen molar-refractivity contribution in [3.8, 4) is 0 Å². The number of unbranched alkanes of at least 4 members (excludes halogenated alkanes) is 3. The summed E-state index contributed by atoms with van der Waals surface area (Å²) in [6.45, 7) is 6.63. The summed E-state index contributed by atoms with van der Waals surface area (Å²) >= 11 is 0. The summed E-state index contributed by atoms with van der Waals surface area (Å²) < 4.78 is 5.39. The monoisotopic (exact) mass is 312 g/mol. The van der Waals surface area contributed by atoms with E-state index in [1.807, 2.05) is 0 Å². The van der Waals surface area contributed by atoms with E-state index < -0.39 is 17.3 Å². The lowest BCUT2D eigenvalue weighted by Crippen LogP contribution is -2.43. The van der Waals surface area contributed by atoms with Gasteiger partial charge in [0.15, 0.2) is 0 Å². The first-order chi connectivity index (χ1) is 10.4. The highest BCUT2D eigenvalue weighted by atomic mass is 16.5. The normalized spacial score (nSPS) is 25.2. The SMILES string of the molecule is CC(C)CCCCCCOC(=O)C1(C)CCCCC1C(=O)O. The zero-order valence-corrected chi connectivity index (χ0v) is 14.4. The van der Waals surface area contributed by atoms with Gasteiger partial charge in [-0.1, -0.05) is 52.4 Å². The van der Waals surface area contributed by atoms with Crippen molar-refractivity contribution < 1.29 is 19.4 Å². The van der Waals surface area contributed by atoms with Crippen molar-refractivity contribution in [1.29, 1.82) is 0 Å². The number of carboxylic acids is 1. The van der Waals surface area contributed by atoms with Gasteiger partial charge < -0.3 is 9.84 Å². The Balaban J connectivity index is 2.30. The largest absolute Gasteiger partial charge is 0.481 e. The molecule has 0 amide bonds. The molecule has 1 rings (SSSR count). The van der Waals surface area contributed by atoms with Crippen LogP contribution in [0.4, 0.5) is 0 Å². The lowest BCUT2D eigenvalue weighted by atomic mass is 9.67. The second-order valence-corrected chi connectivity index (χ2v) is 7.29. The van der Waals surface area contributed by atoms with E-state index in [-0.39, 0.29) is 5.97 Å². The smallest absolute Gasteiger partial charge is 0.312 e. The summed E-state index contributed by atoms with van der Waals surface area (Å²) in [7, 11) is 0. The topological polar surface area (TPSA) is 63.6 Å². The van der Waals surface area contributed by atoms with Crippen LogP contribution in [0.15, 0.2) is 0 Å². The Morgan fingerprint density at radius 2 is 1.86 bits per heavy atom. The van der Waals surface area contributed by atoms with Crippen LogP contribution in [0.1, 0.15) is 78.6 Å². The molecule has 1 fully saturated rings. The van der Waals surface area contributed by atoms with E-state index in [1.165, 1.54) is 19.3 Å². The first kappa shape index (κ1) is 19.0. The minimum Gasteiger partial charge on any atom is -0.481 e. The molecule has 128 valence electrons. The van der Waals surface area contributed by atoms with Gasteiger partial charge >= 0.3 is 11.9 Å². The van der Waals surface area contributed by atoms with Gasteiger partial charge in [-0.05, 0) is 32.1 Å². The van der Waals surface area contributed by atoms with Gasteiger partial charge in [-0.25, -0.2) is 0 Å². The number of ether oxygens (including phenoxy) is 1. The molecule has 2 unspecified atom stereocenters. The summed E-state index contributed by atoms with van der Waals surface area (Å²) in [5, 5.41) is 9.33. The van der Waals surface area contributed by atoms with Gasteiger partial charge in [0.25, 0.3) is 0 Å². The molecular formula is C18H32O4. The van der Waals surface area contributed by atoms with E-state index in [9.17, 15) is 14.7 Å². The van der Waals surface area contributed by atoms with Gasteiger partial charge in [-0.3, -0.25) is 9.59 Å². The first-order valence-corrected chi connectivity index (χ1v) is 8.78. The summed E-state index contributed by atoms with van der Waals surface area (Å²) in [6, 6.07) is 0. The number of hydrogen-bond donors (Lipinski definition) is 1. The molecule has 1 aliphatic carbocycles. The van der Waals surface area contributed by atoms with Crippen molar-refractivity contribution in [3.05, 3.63) is 0 Å². The van der Waals surface area contributed by atoms with Gasteiger partial charge in [0.1, 0.15) is 0 Å². The van der Waals surface area contributed by atoms with E-state index in [0.717, 1.165) is 31.6 Å². The maximum atomic E-state index is 12.3. The van der Waals surface area contributed by atoms with Crippen LogP contribution in [0.3, 0.4) is 0 Å². The zero-order chi connectivity index (χ0) is 16.6. The number of carboxylic acid groups (broad SMARTS) is 1. The summed E-state index contributed by atoms with van der Waals surface area (Å²) in [5.41, 5.74) is -0.846. The lowest BCUT2D eigenvalue weighted by Gasteiger charge is -2.36. The molecular weight excluding hydrogens is 280 g/mol. The van der Waals surface area contributed by atoms with Crippen LogP contribution in [-0.4, -0.2) is 23.7 Å². The molecule has 0 aromatic heterocycles. The van der Waals surface area contributed by atoms with Crippen molar-refractivity contribution in [2.24, 2.45) is 17.3 Å². The van der Waals surface area contributed by atoms with Gasteiger partial charge in [-0.15, -0.1) is 0 Å². The molecule has 0 saturated heterocycles. The number of rotatable bonds is 9. The molecule has 0 heterocycles. The Kier molecular flexibility index (Phi) is 7.91. The van der Waals surface area contributed by atoms with Gasteiger partial charge in [0, 0.05) is 0 Å². The molecule has 1 saturated carbocycles. The number of aliphatic carboxylic acids is 1. The fourth-order valence-corrected chi connectivity index (χ4v) is 3.31. The van der Waals surface area contributed by atoms with Crippen molar-refractivity contribution >= 4 is 11.9 Å². The van der Waals surface area contributed by atoms with Crippen LogP contribution < -0.4 is 0 Å². The third-order valence-electron chi connectivity index (χ3n) is 4.88. The van der Waals surface area contributed by atoms with Crippen molar-refractivity contribution in [1.82, 2.24) is 0 Å². The van der Waals surface area contributed by atoms with Crippen molar-refractivity contribution in [2.45, 2.75) is 78.6 Å². The fourth-order valence-electron chi connectivity index (χ4n) is 3.31. The lowest BCUT2D eigenvalue weighted by molar-refractivity contribution is -0.169. The van der Waals surface area contributed by atoms with Crippen molar-refractivity contribution in [2.75, 3.05) is 6.61 Å². The quantitative estimate of drug-likeness (QED) is 0.506. The molecule has 1 aliphatic rings. The Bertz CT molecular complexity index is 364. The summed E-state index contributed by atoms with van der Waals surface area (Å²) in [5.74, 6) is -1.04. The van der Waals surface area contributed by atoms with E-state index >= 15 is 0 Å².